The number of guanidine groups is 1. The highest BCUT2D eigenvalue weighted by Gasteiger charge is 1.96. The van der Waals surface area contributed by atoms with E-state index < -0.39 is 0 Å². The third kappa shape index (κ3) is 4.56. The summed E-state index contributed by atoms with van der Waals surface area (Å²) in [5.74, 6) is 0.803. The van der Waals surface area contributed by atoms with E-state index in [2.05, 4.69) is 21.7 Å². The Balaban J connectivity index is 2.68. The molecule has 0 saturated heterocycles. The van der Waals surface area contributed by atoms with Crippen LogP contribution in [0.3, 0.4) is 0 Å². The molecule has 0 fully saturated rings. The molecule has 17 heavy (non-hydrogen) atoms. The molecule has 0 heterocycles. The van der Waals surface area contributed by atoms with Gasteiger partial charge in [-0.05, 0) is 31.5 Å². The monoisotopic (exact) mass is 230 g/mol. The van der Waals surface area contributed by atoms with Gasteiger partial charge in [0.15, 0.2) is 5.96 Å². The smallest absolute Gasteiger partial charge is 0.191 e. The first-order chi connectivity index (χ1) is 8.30. The molecule has 0 saturated carbocycles. The van der Waals surface area contributed by atoms with Crippen LogP contribution in [0.15, 0.2) is 29.3 Å². The average Bonchev–Trinajstić information content (AvgIpc) is 2.37. The van der Waals surface area contributed by atoms with E-state index in [4.69, 9.17) is 5.26 Å². The van der Waals surface area contributed by atoms with Crippen molar-refractivity contribution in [3.63, 3.8) is 0 Å². The highest BCUT2D eigenvalue weighted by atomic mass is 15.2. The fourth-order valence-electron chi connectivity index (χ4n) is 1.42. The lowest BCUT2D eigenvalue weighted by Crippen LogP contribution is -2.36. The molecule has 0 spiro atoms. The van der Waals surface area contributed by atoms with E-state index in [-0.39, 0.29) is 0 Å². The third-order valence-corrected chi connectivity index (χ3v) is 2.16. The number of nitrogens with zero attached hydrogens (tertiary/aromatic N) is 2. The Labute approximate surface area is 102 Å². The van der Waals surface area contributed by atoms with Crippen molar-refractivity contribution in [1.82, 2.24) is 10.6 Å². The lowest BCUT2D eigenvalue weighted by atomic mass is 10.1. The highest BCUT2D eigenvalue weighted by molar-refractivity contribution is 5.79. The predicted molar refractivity (Wildman–Crippen MR) is 69.6 cm³/mol. The summed E-state index contributed by atoms with van der Waals surface area (Å²) in [4.78, 5) is 4.43. The minimum Gasteiger partial charge on any atom is -0.357 e. The SMILES string of the molecule is CCNC(=NCc1cccc(C#N)c1)NCC. The number of nitriles is 1. The Morgan fingerprint density at radius 2 is 2.00 bits per heavy atom. The molecule has 0 aliphatic heterocycles. The van der Waals surface area contributed by atoms with Gasteiger partial charge in [0.1, 0.15) is 0 Å². The maximum atomic E-state index is 8.80. The largest absolute Gasteiger partial charge is 0.357 e. The van der Waals surface area contributed by atoms with E-state index in [0.717, 1.165) is 24.6 Å². The van der Waals surface area contributed by atoms with Gasteiger partial charge in [0, 0.05) is 13.1 Å². The first-order valence-electron chi connectivity index (χ1n) is 5.81. The van der Waals surface area contributed by atoms with Crippen molar-refractivity contribution < 1.29 is 0 Å². The molecule has 4 nitrogen and oxygen atoms in total. The molecule has 0 amide bonds. The Morgan fingerprint density at radius 1 is 1.29 bits per heavy atom. The molecule has 0 aliphatic rings. The molecule has 0 atom stereocenters. The molecule has 0 aliphatic carbocycles. The zero-order valence-corrected chi connectivity index (χ0v) is 10.3. The molecule has 0 bridgehead atoms. The van der Waals surface area contributed by atoms with Crippen LogP contribution < -0.4 is 10.6 Å². The fraction of sp³-hybridized carbons (Fsp3) is 0.385. The van der Waals surface area contributed by atoms with Crippen molar-refractivity contribution >= 4 is 5.96 Å². The second-order valence-corrected chi connectivity index (χ2v) is 3.54. The van der Waals surface area contributed by atoms with Crippen LogP contribution in [0, 0.1) is 11.3 Å². The maximum Gasteiger partial charge on any atom is 0.191 e. The van der Waals surface area contributed by atoms with E-state index >= 15 is 0 Å². The van der Waals surface area contributed by atoms with Crippen LogP contribution in [-0.4, -0.2) is 19.0 Å². The summed E-state index contributed by atoms with van der Waals surface area (Å²) < 4.78 is 0. The Bertz CT molecular complexity index is 410. The minimum absolute atomic E-state index is 0.574. The van der Waals surface area contributed by atoms with Crippen LogP contribution in [0.25, 0.3) is 0 Å². The van der Waals surface area contributed by atoms with Crippen molar-refractivity contribution in [2.75, 3.05) is 13.1 Å². The number of benzene rings is 1. The lowest BCUT2D eigenvalue weighted by Gasteiger charge is -2.08. The van der Waals surface area contributed by atoms with E-state index in [1.165, 1.54) is 0 Å². The Hall–Kier alpha value is -2.02. The van der Waals surface area contributed by atoms with Crippen LogP contribution >= 0.6 is 0 Å². The van der Waals surface area contributed by atoms with E-state index in [1.807, 2.05) is 32.0 Å². The summed E-state index contributed by atoms with van der Waals surface area (Å²) in [6, 6.07) is 9.63. The van der Waals surface area contributed by atoms with Crippen LogP contribution in [0.2, 0.25) is 0 Å². The van der Waals surface area contributed by atoms with Gasteiger partial charge in [0.2, 0.25) is 0 Å². The molecule has 0 unspecified atom stereocenters. The van der Waals surface area contributed by atoms with Crippen molar-refractivity contribution in [2.45, 2.75) is 20.4 Å². The zero-order valence-electron chi connectivity index (χ0n) is 10.3. The minimum atomic E-state index is 0.574. The van der Waals surface area contributed by atoms with Gasteiger partial charge >= 0.3 is 0 Å². The predicted octanol–water partition coefficient (Wildman–Crippen LogP) is 1.63. The second-order valence-electron chi connectivity index (χ2n) is 3.54. The van der Waals surface area contributed by atoms with Gasteiger partial charge in [-0.3, -0.25) is 0 Å². The number of aliphatic imine (C=N–C) groups is 1. The van der Waals surface area contributed by atoms with Crippen molar-refractivity contribution in [3.05, 3.63) is 35.4 Å². The summed E-state index contributed by atoms with van der Waals surface area (Å²) in [6.07, 6.45) is 0. The standard InChI is InChI=1S/C13H18N4/c1-3-15-13(16-4-2)17-10-12-7-5-6-11(8-12)9-14/h5-8H,3-4,10H2,1-2H3,(H2,15,16,17). The molecule has 1 aromatic carbocycles. The van der Waals surface area contributed by atoms with Gasteiger partial charge in [-0.2, -0.15) is 5.26 Å². The molecule has 2 N–H and O–H groups in total. The van der Waals surface area contributed by atoms with Crippen molar-refractivity contribution in [1.29, 1.82) is 5.26 Å². The van der Waals surface area contributed by atoms with Crippen LogP contribution in [0.1, 0.15) is 25.0 Å². The highest BCUT2D eigenvalue weighted by Crippen LogP contribution is 2.05. The van der Waals surface area contributed by atoms with Gasteiger partial charge in [-0.15, -0.1) is 0 Å². The molecule has 4 heteroatoms. The molecule has 90 valence electrons. The molecule has 0 aromatic heterocycles. The summed E-state index contributed by atoms with van der Waals surface area (Å²) in [5.41, 5.74) is 1.71. The van der Waals surface area contributed by atoms with Crippen LogP contribution in [0.5, 0.6) is 0 Å². The first kappa shape index (κ1) is 13.0. The number of hydrogen-bond donors (Lipinski definition) is 2. The number of rotatable bonds is 4. The summed E-state index contributed by atoms with van der Waals surface area (Å²) in [5, 5.41) is 15.1. The van der Waals surface area contributed by atoms with Crippen molar-refractivity contribution in [2.24, 2.45) is 4.99 Å². The van der Waals surface area contributed by atoms with Gasteiger partial charge in [-0.25, -0.2) is 4.99 Å². The Morgan fingerprint density at radius 3 is 2.59 bits per heavy atom. The molecular formula is C13H18N4. The van der Waals surface area contributed by atoms with E-state index in [0.29, 0.717) is 12.1 Å². The maximum absolute atomic E-state index is 8.80. The van der Waals surface area contributed by atoms with E-state index in [9.17, 15) is 0 Å². The van der Waals surface area contributed by atoms with Crippen LogP contribution in [-0.2, 0) is 6.54 Å². The number of hydrogen-bond acceptors (Lipinski definition) is 2. The summed E-state index contributed by atoms with van der Waals surface area (Å²) in [7, 11) is 0. The average molecular weight is 230 g/mol. The van der Waals surface area contributed by atoms with Crippen LogP contribution in [0.4, 0.5) is 0 Å². The van der Waals surface area contributed by atoms with Gasteiger partial charge < -0.3 is 10.6 Å². The fourth-order valence-corrected chi connectivity index (χ4v) is 1.42. The lowest BCUT2D eigenvalue weighted by molar-refractivity contribution is 0.839. The van der Waals surface area contributed by atoms with Gasteiger partial charge in [-0.1, -0.05) is 12.1 Å². The zero-order chi connectivity index (χ0) is 12.5. The topological polar surface area (TPSA) is 60.2 Å². The summed E-state index contributed by atoms with van der Waals surface area (Å²) in [6.45, 7) is 6.31. The number of nitrogens with one attached hydrogen (secondary N) is 2. The third-order valence-electron chi connectivity index (χ3n) is 2.16. The molecular weight excluding hydrogens is 212 g/mol. The molecule has 0 radical (unpaired) electrons. The van der Waals surface area contributed by atoms with E-state index in [1.54, 1.807) is 6.07 Å². The van der Waals surface area contributed by atoms with Gasteiger partial charge in [0.25, 0.3) is 0 Å². The molecule has 1 aromatic rings. The van der Waals surface area contributed by atoms with Gasteiger partial charge in [0.05, 0.1) is 18.2 Å². The molecule has 1 rings (SSSR count). The van der Waals surface area contributed by atoms with Crippen molar-refractivity contribution in [3.8, 4) is 6.07 Å². The Kier molecular flexibility index (Phi) is 5.59. The quantitative estimate of drug-likeness (QED) is 0.610. The normalized spacial score (nSPS) is 9.24. The summed E-state index contributed by atoms with van der Waals surface area (Å²) >= 11 is 0. The second kappa shape index (κ2) is 7.29. The first-order valence-corrected chi connectivity index (χ1v) is 5.81.